The van der Waals surface area contributed by atoms with E-state index in [1.165, 1.54) is 0 Å². The first-order valence-electron chi connectivity index (χ1n) is 3.49. The Morgan fingerprint density at radius 1 is 1.83 bits per heavy atom. The smallest absolute Gasteiger partial charge is 0.340 e. The van der Waals surface area contributed by atoms with E-state index in [4.69, 9.17) is 15.9 Å². The minimum atomic E-state index is -2.61. The van der Waals surface area contributed by atoms with E-state index in [1.54, 1.807) is 6.92 Å². The van der Waals surface area contributed by atoms with Gasteiger partial charge in [0.25, 0.3) is 0 Å². The maximum Gasteiger partial charge on any atom is 0.340 e. The molecule has 0 rings (SSSR count). The summed E-state index contributed by atoms with van der Waals surface area (Å²) in [6, 6.07) is -1.03. The van der Waals surface area contributed by atoms with Crippen LogP contribution in [0.1, 0.15) is 13.3 Å². The molecule has 1 unspecified atom stereocenters. The Balaban J connectivity index is 4.20. The standard InChI is InChI=1S/C7H13NO4/c1-3-5(8)7(10,11)12-6(9)4-2/h4-5,10-11H,2-3,8H2,1H3. The molecule has 1 atom stereocenters. The van der Waals surface area contributed by atoms with Gasteiger partial charge in [-0.1, -0.05) is 13.5 Å². The summed E-state index contributed by atoms with van der Waals surface area (Å²) in [6.07, 6.45) is 1.10. The lowest BCUT2D eigenvalue weighted by atomic mass is 10.2. The molecule has 0 aliphatic carbocycles. The second-order valence-corrected chi connectivity index (χ2v) is 2.30. The normalized spacial score (nSPS) is 13.7. The molecule has 0 spiro atoms. The average Bonchev–Trinajstić information content (AvgIpc) is 2.02. The Hall–Kier alpha value is -0.910. The summed E-state index contributed by atoms with van der Waals surface area (Å²) in [7, 11) is 0. The highest BCUT2D eigenvalue weighted by atomic mass is 16.8. The van der Waals surface area contributed by atoms with Gasteiger partial charge in [-0.3, -0.25) is 0 Å². The molecule has 0 aliphatic heterocycles. The summed E-state index contributed by atoms with van der Waals surface area (Å²) in [6.45, 7) is 4.72. The molecule has 0 aromatic carbocycles. The van der Waals surface area contributed by atoms with Crippen molar-refractivity contribution in [2.45, 2.75) is 25.4 Å². The van der Waals surface area contributed by atoms with Crippen LogP contribution in [0.5, 0.6) is 0 Å². The molecule has 5 heteroatoms. The number of rotatable bonds is 4. The molecule has 0 aromatic rings. The number of ether oxygens (including phenoxy) is 1. The van der Waals surface area contributed by atoms with Crippen LogP contribution < -0.4 is 5.73 Å². The second-order valence-electron chi connectivity index (χ2n) is 2.30. The topological polar surface area (TPSA) is 92.8 Å². The quantitative estimate of drug-likeness (QED) is 0.292. The Labute approximate surface area is 70.4 Å². The molecule has 0 saturated carbocycles. The van der Waals surface area contributed by atoms with Crippen molar-refractivity contribution in [1.82, 2.24) is 0 Å². The van der Waals surface area contributed by atoms with E-state index in [2.05, 4.69) is 11.3 Å². The lowest BCUT2D eigenvalue weighted by Gasteiger charge is -2.25. The van der Waals surface area contributed by atoms with Gasteiger partial charge in [0.15, 0.2) is 0 Å². The zero-order valence-corrected chi connectivity index (χ0v) is 6.86. The average molecular weight is 175 g/mol. The second kappa shape index (κ2) is 4.20. The van der Waals surface area contributed by atoms with Gasteiger partial charge in [-0.25, -0.2) is 4.79 Å². The van der Waals surface area contributed by atoms with Crippen molar-refractivity contribution >= 4 is 5.97 Å². The minimum absolute atomic E-state index is 0.275. The van der Waals surface area contributed by atoms with Gasteiger partial charge in [0.1, 0.15) is 0 Å². The largest absolute Gasteiger partial charge is 0.403 e. The molecular formula is C7H13NO4. The van der Waals surface area contributed by atoms with Crippen LogP contribution >= 0.6 is 0 Å². The first-order valence-corrected chi connectivity index (χ1v) is 3.49. The number of hydrogen-bond acceptors (Lipinski definition) is 5. The van der Waals surface area contributed by atoms with Crippen LogP contribution in [0.4, 0.5) is 0 Å². The first-order chi connectivity index (χ1) is 5.44. The predicted molar refractivity (Wildman–Crippen MR) is 41.7 cm³/mol. The molecule has 5 nitrogen and oxygen atoms in total. The van der Waals surface area contributed by atoms with E-state index in [-0.39, 0.29) is 6.42 Å². The van der Waals surface area contributed by atoms with Crippen molar-refractivity contribution in [2.24, 2.45) is 5.73 Å². The molecule has 0 amide bonds. The van der Waals surface area contributed by atoms with Crippen LogP contribution in [0.2, 0.25) is 0 Å². The van der Waals surface area contributed by atoms with Crippen molar-refractivity contribution in [3.8, 4) is 0 Å². The van der Waals surface area contributed by atoms with Crippen LogP contribution in [0.3, 0.4) is 0 Å². The van der Waals surface area contributed by atoms with Crippen molar-refractivity contribution in [3.63, 3.8) is 0 Å². The fourth-order valence-corrected chi connectivity index (χ4v) is 0.531. The molecule has 0 radical (unpaired) electrons. The van der Waals surface area contributed by atoms with Gasteiger partial charge < -0.3 is 20.7 Å². The maximum absolute atomic E-state index is 10.5. The molecule has 70 valence electrons. The van der Waals surface area contributed by atoms with Crippen LogP contribution in [0.15, 0.2) is 12.7 Å². The Morgan fingerprint density at radius 2 is 2.33 bits per heavy atom. The zero-order valence-electron chi connectivity index (χ0n) is 6.86. The summed E-state index contributed by atoms with van der Waals surface area (Å²) in [5.41, 5.74) is 5.24. The molecule has 0 aliphatic rings. The number of esters is 1. The third kappa shape index (κ3) is 3.00. The van der Waals surface area contributed by atoms with E-state index in [9.17, 15) is 4.79 Å². The molecule has 12 heavy (non-hydrogen) atoms. The van der Waals surface area contributed by atoms with Crippen molar-refractivity contribution in [3.05, 3.63) is 12.7 Å². The highest BCUT2D eigenvalue weighted by Gasteiger charge is 2.34. The summed E-state index contributed by atoms with van der Waals surface area (Å²) in [5.74, 6) is -3.54. The van der Waals surface area contributed by atoms with Gasteiger partial charge in [0.2, 0.25) is 0 Å². The molecule has 4 N–H and O–H groups in total. The maximum atomic E-state index is 10.5. The van der Waals surface area contributed by atoms with Gasteiger partial charge in [-0.2, -0.15) is 0 Å². The van der Waals surface area contributed by atoms with Crippen LogP contribution in [-0.4, -0.2) is 28.2 Å². The van der Waals surface area contributed by atoms with Gasteiger partial charge >= 0.3 is 11.9 Å². The summed E-state index contributed by atoms with van der Waals surface area (Å²) < 4.78 is 4.17. The number of aliphatic hydroxyl groups is 2. The summed E-state index contributed by atoms with van der Waals surface area (Å²) in [4.78, 5) is 10.5. The monoisotopic (exact) mass is 175 g/mol. The Morgan fingerprint density at radius 3 is 2.67 bits per heavy atom. The number of hydrogen-bond donors (Lipinski definition) is 3. The van der Waals surface area contributed by atoms with Crippen LogP contribution in [0, 0.1) is 0 Å². The highest BCUT2D eigenvalue weighted by molar-refractivity contribution is 5.81. The molecule has 0 saturated heterocycles. The molecule has 0 fully saturated rings. The third-order valence-electron chi connectivity index (χ3n) is 1.34. The van der Waals surface area contributed by atoms with Crippen molar-refractivity contribution < 1.29 is 19.7 Å². The highest BCUT2D eigenvalue weighted by Crippen LogP contribution is 2.09. The third-order valence-corrected chi connectivity index (χ3v) is 1.34. The SMILES string of the molecule is C=CC(=O)OC(O)(O)C(N)CC. The van der Waals surface area contributed by atoms with E-state index >= 15 is 0 Å². The van der Waals surface area contributed by atoms with Gasteiger partial charge in [0, 0.05) is 6.08 Å². The Bertz CT molecular complexity index is 178. The fourth-order valence-electron chi connectivity index (χ4n) is 0.531. The van der Waals surface area contributed by atoms with E-state index in [0.717, 1.165) is 6.08 Å². The summed E-state index contributed by atoms with van der Waals surface area (Å²) >= 11 is 0. The number of nitrogens with two attached hydrogens (primary N) is 1. The van der Waals surface area contributed by atoms with Crippen molar-refractivity contribution in [1.29, 1.82) is 0 Å². The first kappa shape index (κ1) is 11.1. The predicted octanol–water partition coefficient (Wildman–Crippen LogP) is -0.909. The number of carbonyl (C=O) groups is 1. The fraction of sp³-hybridized carbons (Fsp3) is 0.571. The lowest BCUT2D eigenvalue weighted by Crippen LogP contribution is -2.50. The lowest BCUT2D eigenvalue weighted by molar-refractivity contribution is -0.327. The molecular weight excluding hydrogens is 162 g/mol. The van der Waals surface area contributed by atoms with E-state index in [0.29, 0.717) is 0 Å². The van der Waals surface area contributed by atoms with Crippen LogP contribution in [-0.2, 0) is 9.53 Å². The molecule has 0 heterocycles. The molecule has 0 bridgehead atoms. The van der Waals surface area contributed by atoms with E-state index < -0.39 is 18.0 Å². The molecule has 0 aromatic heterocycles. The minimum Gasteiger partial charge on any atom is -0.403 e. The van der Waals surface area contributed by atoms with Gasteiger partial charge in [-0.15, -0.1) is 0 Å². The summed E-state index contributed by atoms with van der Waals surface area (Å²) in [5, 5.41) is 18.0. The number of carbonyl (C=O) groups excluding carboxylic acids is 1. The van der Waals surface area contributed by atoms with Crippen molar-refractivity contribution in [2.75, 3.05) is 0 Å². The zero-order chi connectivity index (χ0) is 9.78. The van der Waals surface area contributed by atoms with Gasteiger partial charge in [0.05, 0.1) is 6.04 Å². The van der Waals surface area contributed by atoms with Gasteiger partial charge in [-0.05, 0) is 6.42 Å². The Kier molecular flexibility index (Phi) is 3.88. The van der Waals surface area contributed by atoms with Crippen LogP contribution in [0.25, 0.3) is 0 Å². The van der Waals surface area contributed by atoms with E-state index in [1.807, 2.05) is 0 Å².